The molecule has 20 heavy (non-hydrogen) atoms. The Labute approximate surface area is 126 Å². The second-order valence-electron chi connectivity index (χ2n) is 5.92. The lowest BCUT2D eigenvalue weighted by Crippen LogP contribution is -2.23. The number of nitro benzene ring substituents is 1. The van der Waals surface area contributed by atoms with E-state index in [4.69, 9.17) is 9.47 Å². The topological polar surface area (TPSA) is 61.6 Å². The van der Waals surface area contributed by atoms with Crippen molar-refractivity contribution < 1.29 is 14.4 Å². The van der Waals surface area contributed by atoms with E-state index in [9.17, 15) is 10.1 Å². The highest BCUT2D eigenvalue weighted by atomic mass is 79.9. The fraction of sp³-hybridized carbons (Fsp3) is 0.571. The van der Waals surface area contributed by atoms with Crippen molar-refractivity contribution in [1.29, 1.82) is 0 Å². The fourth-order valence-electron chi connectivity index (χ4n) is 1.95. The van der Waals surface area contributed by atoms with Crippen molar-refractivity contribution >= 4 is 21.6 Å². The quantitative estimate of drug-likeness (QED) is 0.476. The van der Waals surface area contributed by atoms with Crippen LogP contribution in [-0.2, 0) is 6.42 Å². The van der Waals surface area contributed by atoms with E-state index in [1.165, 1.54) is 6.07 Å². The Balaban J connectivity index is 2.37. The van der Waals surface area contributed by atoms with Crippen molar-refractivity contribution in [3.8, 4) is 11.5 Å². The standard InChI is InChI=1S/C14H18BrNO4/c1-14(2,3)13(15)7-9-6-11-12(20-5-4-19-11)8-10(9)16(17)18/h6,8,13H,4-5,7H2,1-3H3. The van der Waals surface area contributed by atoms with Gasteiger partial charge >= 0.3 is 0 Å². The summed E-state index contributed by atoms with van der Waals surface area (Å²) < 4.78 is 10.9. The van der Waals surface area contributed by atoms with Gasteiger partial charge in [-0.05, 0) is 17.9 Å². The highest BCUT2D eigenvalue weighted by molar-refractivity contribution is 9.09. The summed E-state index contributed by atoms with van der Waals surface area (Å²) >= 11 is 3.62. The first-order chi connectivity index (χ1) is 9.29. The molecule has 1 aromatic rings. The van der Waals surface area contributed by atoms with Crippen molar-refractivity contribution in [3.05, 3.63) is 27.8 Å². The van der Waals surface area contributed by atoms with Crippen LogP contribution < -0.4 is 9.47 Å². The minimum atomic E-state index is -0.365. The Morgan fingerprint density at radius 3 is 2.35 bits per heavy atom. The Morgan fingerprint density at radius 2 is 1.85 bits per heavy atom. The van der Waals surface area contributed by atoms with Gasteiger partial charge in [-0.25, -0.2) is 0 Å². The number of hydrogen-bond donors (Lipinski definition) is 0. The molecule has 0 aliphatic carbocycles. The molecule has 1 atom stereocenters. The van der Waals surface area contributed by atoms with E-state index in [0.717, 1.165) is 0 Å². The molecule has 1 unspecified atom stereocenters. The number of halogens is 1. The first-order valence-electron chi connectivity index (χ1n) is 6.50. The molecule has 0 saturated heterocycles. The van der Waals surface area contributed by atoms with Crippen LogP contribution in [0, 0.1) is 15.5 Å². The predicted octanol–water partition coefficient (Wildman–Crippen LogP) is 3.72. The SMILES string of the molecule is CC(C)(C)C(Br)Cc1cc2c(cc1[N+](=O)[O-])OCCO2. The second kappa shape index (κ2) is 5.60. The van der Waals surface area contributed by atoms with Crippen LogP contribution in [0.15, 0.2) is 12.1 Å². The largest absolute Gasteiger partial charge is 0.486 e. The molecule has 1 heterocycles. The Bertz CT molecular complexity index is 525. The normalized spacial score (nSPS) is 15.8. The van der Waals surface area contributed by atoms with Crippen LogP contribution in [0.4, 0.5) is 5.69 Å². The summed E-state index contributed by atoms with van der Waals surface area (Å²) in [5.74, 6) is 1.04. The molecule has 2 rings (SSSR count). The Hall–Kier alpha value is -1.30. The summed E-state index contributed by atoms with van der Waals surface area (Å²) in [6.45, 7) is 7.18. The third-order valence-corrected chi connectivity index (χ3v) is 4.98. The third kappa shape index (κ3) is 3.23. The number of benzene rings is 1. The van der Waals surface area contributed by atoms with Crippen LogP contribution in [0.3, 0.4) is 0 Å². The molecule has 110 valence electrons. The van der Waals surface area contributed by atoms with E-state index in [0.29, 0.717) is 36.7 Å². The van der Waals surface area contributed by atoms with Gasteiger partial charge in [-0.3, -0.25) is 10.1 Å². The predicted molar refractivity (Wildman–Crippen MR) is 80.0 cm³/mol. The highest BCUT2D eigenvalue weighted by Crippen LogP contribution is 2.39. The lowest BCUT2D eigenvalue weighted by atomic mass is 9.88. The molecule has 1 aromatic carbocycles. The van der Waals surface area contributed by atoms with Gasteiger partial charge in [-0.2, -0.15) is 0 Å². The smallest absolute Gasteiger partial charge is 0.276 e. The van der Waals surface area contributed by atoms with E-state index in [2.05, 4.69) is 36.7 Å². The number of fused-ring (bicyclic) bond motifs is 1. The van der Waals surface area contributed by atoms with Crippen LogP contribution in [-0.4, -0.2) is 23.0 Å². The summed E-state index contributed by atoms with van der Waals surface area (Å²) in [5, 5.41) is 11.2. The fourth-order valence-corrected chi connectivity index (χ4v) is 2.30. The van der Waals surface area contributed by atoms with Gasteiger partial charge in [0.15, 0.2) is 11.5 Å². The van der Waals surface area contributed by atoms with Crippen LogP contribution in [0.5, 0.6) is 11.5 Å². The van der Waals surface area contributed by atoms with E-state index in [1.54, 1.807) is 6.07 Å². The molecule has 6 heteroatoms. The van der Waals surface area contributed by atoms with E-state index in [1.807, 2.05) is 0 Å². The van der Waals surface area contributed by atoms with Gasteiger partial charge in [0.05, 0.1) is 11.0 Å². The van der Waals surface area contributed by atoms with E-state index in [-0.39, 0.29) is 20.9 Å². The number of nitrogens with zero attached hydrogens (tertiary/aromatic N) is 1. The number of nitro groups is 1. The Kier molecular flexibility index (Phi) is 4.22. The summed E-state index contributed by atoms with van der Waals surface area (Å²) in [4.78, 5) is 11.0. The van der Waals surface area contributed by atoms with Gasteiger partial charge in [-0.1, -0.05) is 36.7 Å². The van der Waals surface area contributed by atoms with E-state index < -0.39 is 0 Å². The van der Waals surface area contributed by atoms with Crippen molar-refractivity contribution in [2.45, 2.75) is 32.0 Å². The molecular formula is C14H18BrNO4. The molecule has 0 aromatic heterocycles. The van der Waals surface area contributed by atoms with Crippen molar-refractivity contribution in [2.75, 3.05) is 13.2 Å². The Morgan fingerprint density at radius 1 is 1.30 bits per heavy atom. The maximum atomic E-state index is 11.2. The number of rotatable bonds is 3. The van der Waals surface area contributed by atoms with Crippen LogP contribution in [0.1, 0.15) is 26.3 Å². The summed E-state index contributed by atoms with van der Waals surface area (Å²) in [6.07, 6.45) is 0.566. The monoisotopic (exact) mass is 343 g/mol. The number of hydrogen-bond acceptors (Lipinski definition) is 4. The lowest BCUT2D eigenvalue weighted by molar-refractivity contribution is -0.385. The van der Waals surface area contributed by atoms with Crippen molar-refractivity contribution in [3.63, 3.8) is 0 Å². The summed E-state index contributed by atoms with van der Waals surface area (Å²) in [5.41, 5.74) is 0.764. The molecule has 0 N–H and O–H groups in total. The third-order valence-electron chi connectivity index (χ3n) is 3.28. The zero-order valence-electron chi connectivity index (χ0n) is 11.8. The second-order valence-corrected chi connectivity index (χ2v) is 7.02. The molecule has 0 bridgehead atoms. The highest BCUT2D eigenvalue weighted by Gasteiger charge is 2.28. The molecule has 1 aliphatic rings. The summed E-state index contributed by atoms with van der Waals surface area (Å²) in [7, 11) is 0. The molecular weight excluding hydrogens is 326 g/mol. The molecule has 0 spiro atoms. The molecule has 0 radical (unpaired) electrons. The van der Waals surface area contributed by atoms with Gasteiger partial charge < -0.3 is 9.47 Å². The zero-order valence-corrected chi connectivity index (χ0v) is 13.4. The number of alkyl halides is 1. The van der Waals surface area contributed by atoms with Crippen molar-refractivity contribution in [2.24, 2.45) is 5.41 Å². The summed E-state index contributed by atoms with van der Waals surface area (Å²) in [6, 6.07) is 3.19. The maximum absolute atomic E-state index is 11.2. The zero-order chi connectivity index (χ0) is 14.9. The minimum Gasteiger partial charge on any atom is -0.486 e. The van der Waals surface area contributed by atoms with Crippen LogP contribution in [0.25, 0.3) is 0 Å². The molecule has 0 saturated carbocycles. The first-order valence-corrected chi connectivity index (χ1v) is 7.41. The molecule has 5 nitrogen and oxygen atoms in total. The van der Waals surface area contributed by atoms with Crippen LogP contribution >= 0.6 is 15.9 Å². The van der Waals surface area contributed by atoms with Gasteiger partial charge in [0, 0.05) is 10.4 Å². The first kappa shape index (κ1) is 15.1. The minimum absolute atomic E-state index is 0.0150. The van der Waals surface area contributed by atoms with Gasteiger partial charge in [0.25, 0.3) is 5.69 Å². The van der Waals surface area contributed by atoms with E-state index >= 15 is 0 Å². The van der Waals surface area contributed by atoms with Gasteiger partial charge in [0.2, 0.25) is 0 Å². The van der Waals surface area contributed by atoms with Crippen LogP contribution in [0.2, 0.25) is 0 Å². The molecule has 1 aliphatic heterocycles. The number of ether oxygens (including phenoxy) is 2. The lowest BCUT2D eigenvalue weighted by Gasteiger charge is -2.26. The van der Waals surface area contributed by atoms with Gasteiger partial charge in [0.1, 0.15) is 13.2 Å². The average Bonchev–Trinajstić information content (AvgIpc) is 2.36. The molecule has 0 fully saturated rings. The average molecular weight is 344 g/mol. The molecule has 0 amide bonds. The van der Waals surface area contributed by atoms with Gasteiger partial charge in [-0.15, -0.1) is 0 Å². The van der Waals surface area contributed by atoms with Crippen molar-refractivity contribution in [1.82, 2.24) is 0 Å². The maximum Gasteiger partial charge on any atom is 0.276 e.